The first-order valence-corrected chi connectivity index (χ1v) is 5.95. The van der Waals surface area contributed by atoms with Gasteiger partial charge >= 0.3 is 5.97 Å². The van der Waals surface area contributed by atoms with Gasteiger partial charge in [0.05, 0.1) is 6.42 Å². The first-order chi connectivity index (χ1) is 8.09. The Kier molecular flexibility index (Phi) is 3.20. The molecule has 1 aromatic carbocycles. The Morgan fingerprint density at radius 3 is 2.94 bits per heavy atom. The van der Waals surface area contributed by atoms with Crippen LogP contribution in [0.5, 0.6) is 0 Å². The van der Waals surface area contributed by atoms with Crippen LogP contribution in [0.1, 0.15) is 36.0 Å². The van der Waals surface area contributed by atoms with E-state index >= 15 is 0 Å². The number of methoxy groups -OCH3 is 1. The van der Waals surface area contributed by atoms with Gasteiger partial charge in [0.15, 0.2) is 0 Å². The number of carbonyl (C=O) groups is 1. The molecular formula is C14H18O3. The van der Waals surface area contributed by atoms with Crippen molar-refractivity contribution in [2.45, 2.75) is 38.2 Å². The average Bonchev–Trinajstić information content (AvgIpc) is 2.30. The lowest BCUT2D eigenvalue weighted by Crippen LogP contribution is -2.35. The second-order valence-corrected chi connectivity index (χ2v) is 4.72. The molecule has 0 saturated carbocycles. The van der Waals surface area contributed by atoms with Crippen molar-refractivity contribution < 1.29 is 14.6 Å². The molecule has 1 unspecified atom stereocenters. The largest absolute Gasteiger partial charge is 0.481 e. The first kappa shape index (κ1) is 12.1. The van der Waals surface area contributed by atoms with E-state index < -0.39 is 11.6 Å². The maximum atomic E-state index is 11.0. The third kappa shape index (κ3) is 2.07. The topological polar surface area (TPSA) is 46.5 Å². The van der Waals surface area contributed by atoms with E-state index in [1.165, 1.54) is 11.1 Å². The van der Waals surface area contributed by atoms with E-state index in [9.17, 15) is 4.79 Å². The van der Waals surface area contributed by atoms with E-state index in [-0.39, 0.29) is 6.42 Å². The number of hydrogen-bond donors (Lipinski definition) is 1. The van der Waals surface area contributed by atoms with Crippen molar-refractivity contribution in [2.24, 2.45) is 0 Å². The summed E-state index contributed by atoms with van der Waals surface area (Å²) in [5.74, 6) is -0.804. The molecule has 0 amide bonds. The lowest BCUT2D eigenvalue weighted by atomic mass is 9.75. The van der Waals surface area contributed by atoms with Crippen LogP contribution in [0.25, 0.3) is 0 Å². The highest BCUT2D eigenvalue weighted by molar-refractivity contribution is 5.69. The van der Waals surface area contributed by atoms with Crippen molar-refractivity contribution >= 4 is 5.97 Å². The van der Waals surface area contributed by atoms with Crippen LogP contribution in [-0.4, -0.2) is 18.2 Å². The molecule has 1 N–H and O–H groups in total. The fraction of sp³-hybridized carbons (Fsp3) is 0.500. The second-order valence-electron chi connectivity index (χ2n) is 4.72. The van der Waals surface area contributed by atoms with E-state index in [4.69, 9.17) is 9.84 Å². The third-order valence-electron chi connectivity index (χ3n) is 3.74. The van der Waals surface area contributed by atoms with Gasteiger partial charge in [-0.15, -0.1) is 0 Å². The lowest BCUT2D eigenvalue weighted by Gasteiger charge is -2.37. The van der Waals surface area contributed by atoms with Gasteiger partial charge in [0.2, 0.25) is 0 Å². The monoisotopic (exact) mass is 234 g/mol. The predicted octanol–water partition coefficient (Wildman–Crippen LogP) is 2.65. The van der Waals surface area contributed by atoms with Crippen molar-refractivity contribution in [2.75, 3.05) is 7.11 Å². The molecule has 0 fully saturated rings. The van der Waals surface area contributed by atoms with Gasteiger partial charge in [0.25, 0.3) is 0 Å². The Morgan fingerprint density at radius 1 is 1.53 bits per heavy atom. The van der Waals surface area contributed by atoms with Gasteiger partial charge in [-0.3, -0.25) is 4.79 Å². The Labute approximate surface area is 101 Å². The molecule has 0 bridgehead atoms. The summed E-state index contributed by atoms with van der Waals surface area (Å²) in [4.78, 5) is 11.0. The molecule has 0 aromatic heterocycles. The van der Waals surface area contributed by atoms with Crippen molar-refractivity contribution in [3.63, 3.8) is 0 Å². The highest BCUT2D eigenvalue weighted by Gasteiger charge is 2.39. The Morgan fingerprint density at radius 2 is 2.29 bits per heavy atom. The number of ether oxygens (including phenoxy) is 1. The fourth-order valence-corrected chi connectivity index (χ4v) is 2.86. The number of hydrogen-bond acceptors (Lipinski definition) is 2. The molecule has 0 aliphatic heterocycles. The number of aryl methyl sites for hydroxylation is 1. The van der Waals surface area contributed by atoms with Gasteiger partial charge < -0.3 is 9.84 Å². The van der Waals surface area contributed by atoms with E-state index in [1.807, 2.05) is 12.1 Å². The summed E-state index contributed by atoms with van der Waals surface area (Å²) < 4.78 is 5.59. The van der Waals surface area contributed by atoms with Crippen molar-refractivity contribution in [1.29, 1.82) is 0 Å². The average molecular weight is 234 g/mol. The van der Waals surface area contributed by atoms with Gasteiger partial charge in [-0.05, 0) is 42.9 Å². The highest BCUT2D eigenvalue weighted by atomic mass is 16.5. The molecule has 1 aromatic rings. The number of rotatable bonds is 3. The highest BCUT2D eigenvalue weighted by Crippen LogP contribution is 2.41. The van der Waals surface area contributed by atoms with Gasteiger partial charge in [-0.2, -0.15) is 0 Å². The van der Waals surface area contributed by atoms with Crippen LogP contribution >= 0.6 is 0 Å². The summed E-state index contributed by atoms with van der Waals surface area (Å²) in [6.45, 7) is 2.07. The molecule has 1 aliphatic rings. The van der Waals surface area contributed by atoms with Crippen LogP contribution in [0.3, 0.4) is 0 Å². The summed E-state index contributed by atoms with van der Waals surface area (Å²) in [7, 11) is 1.61. The maximum absolute atomic E-state index is 11.0. The summed E-state index contributed by atoms with van der Waals surface area (Å²) >= 11 is 0. The minimum Gasteiger partial charge on any atom is -0.481 e. The van der Waals surface area contributed by atoms with Crippen LogP contribution in [-0.2, 0) is 21.6 Å². The summed E-state index contributed by atoms with van der Waals surface area (Å²) in [5.41, 5.74) is 2.93. The van der Waals surface area contributed by atoms with Crippen molar-refractivity contribution in [3.05, 3.63) is 34.9 Å². The lowest BCUT2D eigenvalue weighted by molar-refractivity contribution is -0.145. The summed E-state index contributed by atoms with van der Waals surface area (Å²) in [5, 5.41) is 9.08. The van der Waals surface area contributed by atoms with Crippen molar-refractivity contribution in [1.82, 2.24) is 0 Å². The zero-order valence-electron chi connectivity index (χ0n) is 10.3. The SMILES string of the molecule is COC1(CC(=O)O)CCCc2c(C)cccc21. The quantitative estimate of drug-likeness (QED) is 0.874. The molecule has 0 heterocycles. The number of carboxylic acids is 1. The minimum absolute atomic E-state index is 0.0416. The normalized spacial score (nSPS) is 23.2. The summed E-state index contributed by atoms with van der Waals surface area (Å²) in [6, 6.07) is 6.06. The molecule has 17 heavy (non-hydrogen) atoms. The van der Waals surface area contributed by atoms with Gasteiger partial charge in [-0.25, -0.2) is 0 Å². The smallest absolute Gasteiger partial charge is 0.306 e. The third-order valence-corrected chi connectivity index (χ3v) is 3.74. The number of carboxylic acid groups (broad SMARTS) is 1. The molecule has 1 aliphatic carbocycles. The Balaban J connectivity index is 2.51. The molecule has 0 radical (unpaired) electrons. The van der Waals surface area contributed by atoms with Crippen LogP contribution in [0, 0.1) is 6.92 Å². The number of benzene rings is 1. The molecule has 3 heteroatoms. The van der Waals surface area contributed by atoms with Gasteiger partial charge in [0.1, 0.15) is 5.60 Å². The van der Waals surface area contributed by atoms with Crippen molar-refractivity contribution in [3.8, 4) is 0 Å². The molecule has 0 spiro atoms. The van der Waals surface area contributed by atoms with Crippen LogP contribution in [0.15, 0.2) is 18.2 Å². The molecule has 0 saturated heterocycles. The predicted molar refractivity (Wildman–Crippen MR) is 65.1 cm³/mol. The molecule has 92 valence electrons. The number of fused-ring (bicyclic) bond motifs is 1. The van der Waals surface area contributed by atoms with E-state index in [1.54, 1.807) is 7.11 Å². The van der Waals surface area contributed by atoms with Crippen LogP contribution < -0.4 is 0 Å². The standard InChI is InChI=1S/C14H18O3/c1-10-5-3-7-12-11(10)6-4-8-14(12,17-2)9-13(15)16/h3,5,7H,4,6,8-9H2,1-2H3,(H,15,16). The van der Waals surface area contributed by atoms with Crippen LogP contribution in [0.4, 0.5) is 0 Å². The minimum atomic E-state index is -0.804. The fourth-order valence-electron chi connectivity index (χ4n) is 2.86. The van der Waals surface area contributed by atoms with Gasteiger partial charge in [0, 0.05) is 7.11 Å². The maximum Gasteiger partial charge on any atom is 0.306 e. The zero-order chi connectivity index (χ0) is 12.5. The molecule has 2 rings (SSSR count). The van der Waals surface area contributed by atoms with E-state index in [2.05, 4.69) is 13.0 Å². The summed E-state index contributed by atoms with van der Waals surface area (Å²) in [6.07, 6.45) is 2.83. The van der Waals surface area contributed by atoms with E-state index in [0.717, 1.165) is 24.8 Å². The Bertz CT molecular complexity index is 439. The van der Waals surface area contributed by atoms with Gasteiger partial charge in [-0.1, -0.05) is 18.2 Å². The zero-order valence-corrected chi connectivity index (χ0v) is 10.3. The Hall–Kier alpha value is -1.35. The molecular weight excluding hydrogens is 216 g/mol. The first-order valence-electron chi connectivity index (χ1n) is 5.95. The van der Waals surface area contributed by atoms with Crippen LogP contribution in [0.2, 0.25) is 0 Å². The number of aliphatic carboxylic acids is 1. The molecule has 3 nitrogen and oxygen atoms in total. The van der Waals surface area contributed by atoms with E-state index in [0.29, 0.717) is 0 Å². The molecule has 1 atom stereocenters. The second kappa shape index (κ2) is 4.49.